The van der Waals surface area contributed by atoms with E-state index < -0.39 is 5.97 Å². The highest BCUT2D eigenvalue weighted by Crippen LogP contribution is 2.29. The van der Waals surface area contributed by atoms with Crippen LogP contribution in [0.3, 0.4) is 0 Å². The van der Waals surface area contributed by atoms with E-state index in [1.54, 1.807) is 48.5 Å². The molecule has 30 heavy (non-hydrogen) atoms. The Balaban J connectivity index is 1.71. The SMILES string of the molecule is COc1cccc(OC)c1C(=O)Oc1ccc(C(=O)/C=C/c2ccc(F)cc2)cc1. The molecule has 0 bridgehead atoms. The number of ketones is 1. The van der Waals surface area contributed by atoms with Gasteiger partial charge in [-0.2, -0.15) is 0 Å². The van der Waals surface area contributed by atoms with Crippen LogP contribution < -0.4 is 14.2 Å². The van der Waals surface area contributed by atoms with Crippen molar-refractivity contribution in [2.24, 2.45) is 0 Å². The summed E-state index contributed by atoms with van der Waals surface area (Å²) in [4.78, 5) is 24.9. The van der Waals surface area contributed by atoms with E-state index in [2.05, 4.69) is 0 Å². The zero-order valence-electron chi connectivity index (χ0n) is 16.4. The Kier molecular flexibility index (Phi) is 6.60. The first-order valence-electron chi connectivity index (χ1n) is 9.03. The normalized spacial score (nSPS) is 10.6. The minimum absolute atomic E-state index is 0.171. The monoisotopic (exact) mass is 406 g/mol. The van der Waals surface area contributed by atoms with Gasteiger partial charge in [0.05, 0.1) is 14.2 Å². The lowest BCUT2D eigenvalue weighted by atomic mass is 10.1. The van der Waals surface area contributed by atoms with Crippen LogP contribution in [0.2, 0.25) is 0 Å². The lowest BCUT2D eigenvalue weighted by Crippen LogP contribution is -2.12. The maximum absolute atomic E-state index is 12.9. The number of hydrogen-bond acceptors (Lipinski definition) is 5. The van der Waals surface area contributed by atoms with Gasteiger partial charge in [-0.05, 0) is 60.2 Å². The Hall–Kier alpha value is -3.93. The van der Waals surface area contributed by atoms with Crippen LogP contribution in [0, 0.1) is 5.82 Å². The predicted octanol–water partition coefficient (Wildman–Crippen LogP) is 4.96. The maximum Gasteiger partial charge on any atom is 0.351 e. The van der Waals surface area contributed by atoms with Crippen LogP contribution in [0.5, 0.6) is 17.2 Å². The first-order valence-corrected chi connectivity index (χ1v) is 9.03. The van der Waals surface area contributed by atoms with Crippen molar-refractivity contribution in [3.05, 3.63) is 95.3 Å². The van der Waals surface area contributed by atoms with E-state index in [0.29, 0.717) is 22.6 Å². The van der Waals surface area contributed by atoms with E-state index in [9.17, 15) is 14.0 Å². The summed E-state index contributed by atoms with van der Waals surface area (Å²) in [6, 6.07) is 16.9. The third-order valence-electron chi connectivity index (χ3n) is 4.28. The number of allylic oxidation sites excluding steroid dienone is 1. The Morgan fingerprint density at radius 3 is 2.00 bits per heavy atom. The topological polar surface area (TPSA) is 61.8 Å². The van der Waals surface area contributed by atoms with Crippen molar-refractivity contribution < 1.29 is 28.2 Å². The van der Waals surface area contributed by atoms with Crippen molar-refractivity contribution in [3.63, 3.8) is 0 Å². The zero-order chi connectivity index (χ0) is 21.5. The number of ether oxygens (including phenoxy) is 3. The van der Waals surface area contributed by atoms with Crippen LogP contribution in [-0.2, 0) is 0 Å². The van der Waals surface area contributed by atoms with Crippen molar-refractivity contribution in [3.8, 4) is 17.2 Å². The molecule has 0 heterocycles. The largest absolute Gasteiger partial charge is 0.496 e. The fourth-order valence-corrected chi connectivity index (χ4v) is 2.74. The van der Waals surface area contributed by atoms with Gasteiger partial charge in [0.1, 0.15) is 28.6 Å². The number of methoxy groups -OCH3 is 2. The number of esters is 1. The first kappa shape index (κ1) is 20.8. The molecular weight excluding hydrogens is 387 g/mol. The van der Waals surface area contributed by atoms with E-state index >= 15 is 0 Å². The van der Waals surface area contributed by atoms with Crippen molar-refractivity contribution in [1.82, 2.24) is 0 Å². The Bertz CT molecular complexity index is 1050. The molecule has 0 aromatic heterocycles. The molecule has 0 atom stereocenters. The fraction of sp³-hybridized carbons (Fsp3) is 0.0833. The van der Waals surface area contributed by atoms with Crippen molar-refractivity contribution in [1.29, 1.82) is 0 Å². The summed E-state index contributed by atoms with van der Waals surface area (Å²) in [6.45, 7) is 0. The van der Waals surface area contributed by atoms with Crippen LogP contribution in [-0.4, -0.2) is 26.0 Å². The number of carbonyl (C=O) groups excluding carboxylic acids is 2. The minimum Gasteiger partial charge on any atom is -0.496 e. The Labute approximate surface area is 173 Å². The number of rotatable bonds is 7. The molecule has 0 amide bonds. The fourth-order valence-electron chi connectivity index (χ4n) is 2.74. The molecule has 3 aromatic rings. The van der Waals surface area contributed by atoms with Crippen molar-refractivity contribution >= 4 is 17.8 Å². The molecule has 0 fully saturated rings. The molecule has 0 N–H and O–H groups in total. The molecule has 0 aliphatic rings. The Morgan fingerprint density at radius 1 is 0.833 bits per heavy atom. The standard InChI is InChI=1S/C24H19FO5/c1-28-21-4-3-5-22(29-2)23(21)24(27)30-19-13-9-17(10-14-19)20(26)15-8-16-6-11-18(25)12-7-16/h3-15H,1-2H3/b15-8+. The van der Waals surface area contributed by atoms with E-state index in [0.717, 1.165) is 0 Å². The van der Waals surface area contributed by atoms with E-state index in [1.807, 2.05) is 0 Å². The predicted molar refractivity (Wildman–Crippen MR) is 111 cm³/mol. The van der Waals surface area contributed by atoms with E-state index in [1.165, 1.54) is 44.6 Å². The highest BCUT2D eigenvalue weighted by Gasteiger charge is 2.20. The van der Waals surface area contributed by atoms with Crippen LogP contribution in [0.15, 0.2) is 72.8 Å². The summed E-state index contributed by atoms with van der Waals surface area (Å²) in [5.41, 5.74) is 1.30. The average molecular weight is 406 g/mol. The summed E-state index contributed by atoms with van der Waals surface area (Å²) < 4.78 is 28.8. The molecule has 0 aliphatic carbocycles. The van der Waals surface area contributed by atoms with Crippen LogP contribution >= 0.6 is 0 Å². The van der Waals surface area contributed by atoms with Crippen LogP contribution in [0.25, 0.3) is 6.08 Å². The number of benzene rings is 3. The van der Waals surface area contributed by atoms with Gasteiger partial charge in [0.15, 0.2) is 5.78 Å². The van der Waals surface area contributed by atoms with Gasteiger partial charge in [-0.15, -0.1) is 0 Å². The van der Waals surface area contributed by atoms with Crippen molar-refractivity contribution in [2.45, 2.75) is 0 Å². The third kappa shape index (κ3) is 4.91. The second-order valence-corrected chi connectivity index (χ2v) is 6.20. The van der Waals surface area contributed by atoms with Crippen LogP contribution in [0.1, 0.15) is 26.3 Å². The first-order chi connectivity index (χ1) is 14.5. The molecule has 3 rings (SSSR count). The van der Waals surface area contributed by atoms with Gasteiger partial charge in [0.2, 0.25) is 0 Å². The molecule has 0 aliphatic heterocycles. The highest BCUT2D eigenvalue weighted by molar-refractivity contribution is 6.07. The van der Waals surface area contributed by atoms with Gasteiger partial charge in [0, 0.05) is 5.56 Å². The molecule has 0 spiro atoms. The molecular formula is C24H19FO5. The second kappa shape index (κ2) is 9.52. The molecule has 6 heteroatoms. The second-order valence-electron chi connectivity index (χ2n) is 6.20. The lowest BCUT2D eigenvalue weighted by Gasteiger charge is -2.12. The van der Waals surface area contributed by atoms with Gasteiger partial charge in [-0.1, -0.05) is 24.3 Å². The van der Waals surface area contributed by atoms with Gasteiger partial charge in [0.25, 0.3) is 0 Å². The summed E-state index contributed by atoms with van der Waals surface area (Å²) in [7, 11) is 2.90. The van der Waals surface area contributed by atoms with E-state index in [-0.39, 0.29) is 22.9 Å². The summed E-state index contributed by atoms with van der Waals surface area (Å²) in [5, 5.41) is 0. The summed E-state index contributed by atoms with van der Waals surface area (Å²) in [5.74, 6) is -0.279. The van der Waals surface area contributed by atoms with E-state index in [4.69, 9.17) is 14.2 Å². The van der Waals surface area contributed by atoms with Crippen LogP contribution in [0.4, 0.5) is 4.39 Å². The zero-order valence-corrected chi connectivity index (χ0v) is 16.4. The molecule has 5 nitrogen and oxygen atoms in total. The number of carbonyl (C=O) groups is 2. The summed E-state index contributed by atoms with van der Waals surface area (Å²) in [6.07, 6.45) is 3.00. The molecule has 0 unspecified atom stereocenters. The van der Waals surface area contributed by atoms with Gasteiger partial charge in [-0.3, -0.25) is 4.79 Å². The lowest BCUT2D eigenvalue weighted by molar-refractivity contribution is 0.0727. The molecule has 0 radical (unpaired) electrons. The van der Waals surface area contributed by atoms with Crippen molar-refractivity contribution in [2.75, 3.05) is 14.2 Å². The minimum atomic E-state index is -0.639. The highest BCUT2D eigenvalue weighted by atomic mass is 19.1. The smallest absolute Gasteiger partial charge is 0.351 e. The maximum atomic E-state index is 12.9. The molecule has 152 valence electrons. The van der Waals surface area contributed by atoms with Gasteiger partial charge in [-0.25, -0.2) is 9.18 Å². The van der Waals surface area contributed by atoms with Gasteiger partial charge >= 0.3 is 5.97 Å². The Morgan fingerprint density at radius 2 is 1.43 bits per heavy atom. The molecule has 0 saturated carbocycles. The summed E-state index contributed by atoms with van der Waals surface area (Å²) >= 11 is 0. The average Bonchev–Trinajstić information content (AvgIpc) is 2.78. The quantitative estimate of drug-likeness (QED) is 0.240. The molecule has 3 aromatic carbocycles. The third-order valence-corrected chi connectivity index (χ3v) is 4.28. The number of hydrogen-bond donors (Lipinski definition) is 0. The number of halogens is 1. The molecule has 0 saturated heterocycles. The van der Waals surface area contributed by atoms with Gasteiger partial charge < -0.3 is 14.2 Å².